The van der Waals surface area contributed by atoms with Gasteiger partial charge in [-0.1, -0.05) is 0 Å². The van der Waals surface area contributed by atoms with Crippen molar-refractivity contribution in [1.82, 2.24) is 14.9 Å². The predicted octanol–water partition coefficient (Wildman–Crippen LogP) is 2.05. The first-order valence-corrected chi connectivity index (χ1v) is 6.92. The molecule has 3 heterocycles. The summed E-state index contributed by atoms with van der Waals surface area (Å²) in [4.78, 5) is 22.9. The summed E-state index contributed by atoms with van der Waals surface area (Å²) < 4.78 is 42.9. The summed E-state index contributed by atoms with van der Waals surface area (Å²) in [5.41, 5.74) is -0.520. The minimum atomic E-state index is -4.50. The van der Waals surface area contributed by atoms with E-state index < -0.39 is 11.9 Å². The van der Waals surface area contributed by atoms with Crippen molar-refractivity contribution < 1.29 is 22.4 Å². The Balaban J connectivity index is 1.66. The first-order valence-electron chi connectivity index (χ1n) is 6.92. The number of aromatic nitrogens is 2. The van der Waals surface area contributed by atoms with Crippen LogP contribution in [0, 0.1) is 0 Å². The van der Waals surface area contributed by atoms with Crippen LogP contribution < -0.4 is 4.90 Å². The average molecular weight is 326 g/mol. The van der Waals surface area contributed by atoms with Crippen LogP contribution in [0.2, 0.25) is 0 Å². The third-order valence-electron chi connectivity index (χ3n) is 3.55. The summed E-state index contributed by atoms with van der Waals surface area (Å²) >= 11 is 0. The van der Waals surface area contributed by atoms with E-state index in [4.69, 9.17) is 4.42 Å². The Labute approximate surface area is 129 Å². The highest BCUT2D eigenvalue weighted by Crippen LogP contribution is 2.28. The number of alkyl halides is 3. The van der Waals surface area contributed by atoms with Crippen molar-refractivity contribution in [1.29, 1.82) is 0 Å². The molecule has 2 aromatic heterocycles. The molecule has 0 spiro atoms. The van der Waals surface area contributed by atoms with Gasteiger partial charge < -0.3 is 14.2 Å². The van der Waals surface area contributed by atoms with Crippen LogP contribution in [-0.2, 0) is 6.18 Å². The van der Waals surface area contributed by atoms with Crippen molar-refractivity contribution in [2.45, 2.75) is 6.18 Å². The Morgan fingerprint density at radius 2 is 1.91 bits per heavy atom. The van der Waals surface area contributed by atoms with Gasteiger partial charge in [-0.05, 0) is 12.1 Å². The SMILES string of the molecule is O=C(c1ccoc1)N1CCN(c2nccc(C(F)(F)F)n2)CC1. The fourth-order valence-electron chi connectivity index (χ4n) is 2.34. The summed E-state index contributed by atoms with van der Waals surface area (Å²) in [6, 6.07) is 2.41. The van der Waals surface area contributed by atoms with E-state index in [1.54, 1.807) is 15.9 Å². The molecule has 0 unspecified atom stereocenters. The number of anilines is 1. The Hall–Kier alpha value is -2.58. The summed E-state index contributed by atoms with van der Waals surface area (Å²) in [5.74, 6) is -0.140. The molecule has 1 amide bonds. The first kappa shape index (κ1) is 15.3. The lowest BCUT2D eigenvalue weighted by atomic mass is 10.2. The molecule has 6 nitrogen and oxygen atoms in total. The van der Waals surface area contributed by atoms with E-state index in [1.807, 2.05) is 0 Å². The number of nitrogens with zero attached hydrogens (tertiary/aromatic N) is 4. The second-order valence-electron chi connectivity index (χ2n) is 5.03. The Morgan fingerprint density at radius 1 is 1.17 bits per heavy atom. The minimum absolute atomic E-state index is 0.0234. The largest absolute Gasteiger partial charge is 0.472 e. The van der Waals surface area contributed by atoms with Crippen molar-refractivity contribution in [2.24, 2.45) is 0 Å². The summed E-state index contributed by atoms with van der Waals surface area (Å²) in [7, 11) is 0. The van der Waals surface area contributed by atoms with Crippen molar-refractivity contribution in [3.05, 3.63) is 42.1 Å². The van der Waals surface area contributed by atoms with Gasteiger partial charge in [0.15, 0.2) is 0 Å². The van der Waals surface area contributed by atoms with Gasteiger partial charge in [-0.25, -0.2) is 9.97 Å². The molecule has 23 heavy (non-hydrogen) atoms. The van der Waals surface area contributed by atoms with Crippen LogP contribution in [0.4, 0.5) is 19.1 Å². The molecule has 1 aliphatic rings. The number of furan rings is 1. The summed E-state index contributed by atoms with van der Waals surface area (Å²) in [6.45, 7) is 1.49. The number of hydrogen-bond donors (Lipinski definition) is 0. The summed E-state index contributed by atoms with van der Waals surface area (Å²) in [6.07, 6.45) is -0.629. The molecule has 122 valence electrons. The van der Waals surface area contributed by atoms with Crippen molar-refractivity contribution in [2.75, 3.05) is 31.1 Å². The maximum absolute atomic E-state index is 12.7. The smallest absolute Gasteiger partial charge is 0.433 e. The molecular weight excluding hydrogens is 313 g/mol. The maximum atomic E-state index is 12.7. The lowest BCUT2D eigenvalue weighted by Gasteiger charge is -2.34. The molecule has 2 aromatic rings. The summed E-state index contributed by atoms with van der Waals surface area (Å²) in [5, 5.41) is 0. The van der Waals surface area contributed by atoms with Gasteiger partial charge in [-0.3, -0.25) is 4.79 Å². The molecule has 3 rings (SSSR count). The van der Waals surface area contributed by atoms with E-state index in [0.29, 0.717) is 31.7 Å². The number of rotatable bonds is 2. The highest BCUT2D eigenvalue weighted by atomic mass is 19.4. The van der Waals surface area contributed by atoms with Crippen LogP contribution in [0.5, 0.6) is 0 Å². The van der Waals surface area contributed by atoms with Gasteiger partial charge in [0.25, 0.3) is 5.91 Å². The van der Waals surface area contributed by atoms with Gasteiger partial charge in [-0.2, -0.15) is 13.2 Å². The maximum Gasteiger partial charge on any atom is 0.433 e. The number of halogens is 3. The Kier molecular flexibility index (Phi) is 3.93. The molecule has 0 atom stereocenters. The normalized spacial score (nSPS) is 15.8. The number of piperazine rings is 1. The molecule has 0 bridgehead atoms. The average Bonchev–Trinajstić information content (AvgIpc) is 3.08. The fourth-order valence-corrected chi connectivity index (χ4v) is 2.34. The zero-order valence-corrected chi connectivity index (χ0v) is 12.0. The van der Waals surface area contributed by atoms with E-state index in [2.05, 4.69) is 9.97 Å². The molecule has 0 aliphatic carbocycles. The monoisotopic (exact) mass is 326 g/mol. The number of carbonyl (C=O) groups is 1. The van der Waals surface area contributed by atoms with Gasteiger partial charge in [0.05, 0.1) is 11.8 Å². The van der Waals surface area contributed by atoms with Crippen LogP contribution in [0.15, 0.2) is 35.3 Å². The second kappa shape index (κ2) is 5.90. The van der Waals surface area contributed by atoms with Gasteiger partial charge >= 0.3 is 6.18 Å². The lowest BCUT2D eigenvalue weighted by molar-refractivity contribution is -0.141. The van der Waals surface area contributed by atoms with Crippen LogP contribution >= 0.6 is 0 Å². The topological polar surface area (TPSA) is 62.5 Å². The molecular formula is C14H13F3N4O2. The molecule has 0 aromatic carbocycles. The third kappa shape index (κ3) is 3.27. The quantitative estimate of drug-likeness (QED) is 0.845. The molecule has 1 aliphatic heterocycles. The van der Waals surface area contributed by atoms with Crippen LogP contribution in [0.1, 0.15) is 16.1 Å². The van der Waals surface area contributed by atoms with Crippen LogP contribution in [0.25, 0.3) is 0 Å². The van der Waals surface area contributed by atoms with Crippen molar-refractivity contribution in [3.8, 4) is 0 Å². The van der Waals surface area contributed by atoms with E-state index >= 15 is 0 Å². The van der Waals surface area contributed by atoms with Crippen LogP contribution in [-0.4, -0.2) is 47.0 Å². The number of carbonyl (C=O) groups excluding carboxylic acids is 1. The molecule has 1 saturated heterocycles. The number of hydrogen-bond acceptors (Lipinski definition) is 5. The van der Waals surface area contributed by atoms with E-state index in [1.165, 1.54) is 12.5 Å². The van der Waals surface area contributed by atoms with E-state index in [-0.39, 0.29) is 11.9 Å². The predicted molar refractivity (Wildman–Crippen MR) is 73.9 cm³/mol. The molecule has 0 N–H and O–H groups in total. The highest BCUT2D eigenvalue weighted by Gasteiger charge is 2.33. The molecule has 9 heteroatoms. The van der Waals surface area contributed by atoms with Gasteiger partial charge in [0.2, 0.25) is 5.95 Å². The highest BCUT2D eigenvalue weighted by molar-refractivity contribution is 5.93. The molecule has 1 fully saturated rings. The minimum Gasteiger partial charge on any atom is -0.472 e. The van der Waals surface area contributed by atoms with Crippen molar-refractivity contribution >= 4 is 11.9 Å². The lowest BCUT2D eigenvalue weighted by Crippen LogP contribution is -2.49. The molecule has 0 radical (unpaired) electrons. The second-order valence-corrected chi connectivity index (χ2v) is 5.03. The van der Waals surface area contributed by atoms with E-state index in [9.17, 15) is 18.0 Å². The zero-order valence-electron chi connectivity index (χ0n) is 12.0. The molecule has 0 saturated carbocycles. The van der Waals surface area contributed by atoms with Gasteiger partial charge in [0.1, 0.15) is 12.0 Å². The Bertz CT molecular complexity index is 680. The van der Waals surface area contributed by atoms with E-state index in [0.717, 1.165) is 12.3 Å². The van der Waals surface area contributed by atoms with Crippen LogP contribution in [0.3, 0.4) is 0 Å². The zero-order chi connectivity index (χ0) is 16.4. The van der Waals surface area contributed by atoms with Gasteiger partial charge in [-0.15, -0.1) is 0 Å². The third-order valence-corrected chi connectivity index (χ3v) is 3.55. The fraction of sp³-hybridized carbons (Fsp3) is 0.357. The van der Waals surface area contributed by atoms with Gasteiger partial charge in [0, 0.05) is 32.4 Å². The first-order chi connectivity index (χ1) is 10.9. The van der Waals surface area contributed by atoms with Crippen molar-refractivity contribution in [3.63, 3.8) is 0 Å². The number of amides is 1. The standard InChI is InChI=1S/C14H13F3N4O2/c15-14(16,17)11-1-3-18-13(19-11)21-6-4-20(5-7-21)12(22)10-2-8-23-9-10/h1-3,8-9H,4-7H2. The Morgan fingerprint density at radius 3 is 2.52 bits per heavy atom.